The lowest BCUT2D eigenvalue weighted by Gasteiger charge is -2.36. The van der Waals surface area contributed by atoms with E-state index in [-0.39, 0.29) is 12.1 Å². The third-order valence-corrected chi connectivity index (χ3v) is 4.50. The molecular weight excluding hydrogens is 342 g/mol. The summed E-state index contributed by atoms with van der Waals surface area (Å²) in [5.74, 6) is 0.765. The molecule has 27 heavy (non-hydrogen) atoms. The number of piperidine rings is 1. The molecule has 1 aliphatic rings. The number of imidazole rings is 1. The minimum Gasteiger partial charge on any atom is -0.444 e. The fraction of sp³-hybridized carbons (Fsp3) is 0.550. The standard InChI is InChI=1S/C20H29N5O2/c1-5-8-16-14-22-18-11-10-17(23-25(16)18)21-13-15-9-6-7-12-24(15)19(26)27-20(2,3)4/h5,8,10-11,14-15H,6-7,9,12-13H2,1-4H3,(H,21,23). The third kappa shape index (κ3) is 4.78. The van der Waals surface area contributed by atoms with Crippen LogP contribution < -0.4 is 5.32 Å². The van der Waals surface area contributed by atoms with Crippen molar-refractivity contribution in [1.29, 1.82) is 0 Å². The minimum absolute atomic E-state index is 0.101. The molecule has 1 unspecified atom stereocenters. The maximum atomic E-state index is 12.5. The lowest BCUT2D eigenvalue weighted by atomic mass is 10.0. The van der Waals surface area contributed by atoms with Gasteiger partial charge in [0.25, 0.3) is 0 Å². The molecule has 1 N–H and O–H groups in total. The highest BCUT2D eigenvalue weighted by Gasteiger charge is 2.30. The van der Waals surface area contributed by atoms with Crippen LogP contribution in [0.4, 0.5) is 10.6 Å². The zero-order valence-corrected chi connectivity index (χ0v) is 16.6. The molecule has 1 saturated heterocycles. The Morgan fingerprint density at radius 2 is 2.19 bits per heavy atom. The van der Waals surface area contributed by atoms with E-state index < -0.39 is 5.60 Å². The van der Waals surface area contributed by atoms with Crippen LogP contribution in [0.25, 0.3) is 11.7 Å². The largest absolute Gasteiger partial charge is 0.444 e. The normalized spacial score (nSPS) is 18.2. The fourth-order valence-corrected chi connectivity index (χ4v) is 3.27. The Morgan fingerprint density at radius 3 is 2.93 bits per heavy atom. The van der Waals surface area contributed by atoms with E-state index in [0.29, 0.717) is 6.54 Å². The van der Waals surface area contributed by atoms with Crippen LogP contribution in [0.5, 0.6) is 0 Å². The van der Waals surface area contributed by atoms with Gasteiger partial charge in [-0.2, -0.15) is 0 Å². The van der Waals surface area contributed by atoms with Gasteiger partial charge in [-0.05, 0) is 65.2 Å². The highest BCUT2D eigenvalue weighted by atomic mass is 16.6. The maximum Gasteiger partial charge on any atom is 0.410 e. The second kappa shape index (κ2) is 7.98. The van der Waals surface area contributed by atoms with Crippen molar-refractivity contribution in [2.45, 2.75) is 58.6 Å². The summed E-state index contributed by atoms with van der Waals surface area (Å²) in [6.07, 6.45) is 8.60. The maximum absolute atomic E-state index is 12.5. The molecule has 1 amide bonds. The summed E-state index contributed by atoms with van der Waals surface area (Å²) in [5.41, 5.74) is 1.26. The van der Waals surface area contributed by atoms with Gasteiger partial charge in [-0.15, -0.1) is 5.10 Å². The molecule has 0 aliphatic carbocycles. The van der Waals surface area contributed by atoms with E-state index in [9.17, 15) is 4.79 Å². The number of hydrogen-bond donors (Lipinski definition) is 1. The number of carbonyl (C=O) groups excluding carboxylic acids is 1. The van der Waals surface area contributed by atoms with Crippen LogP contribution in [0.3, 0.4) is 0 Å². The molecule has 1 aliphatic heterocycles. The van der Waals surface area contributed by atoms with Crippen molar-refractivity contribution in [3.63, 3.8) is 0 Å². The molecule has 7 nitrogen and oxygen atoms in total. The van der Waals surface area contributed by atoms with Crippen LogP contribution in [0.15, 0.2) is 24.4 Å². The Labute approximate surface area is 160 Å². The summed E-state index contributed by atoms with van der Waals surface area (Å²) in [6, 6.07) is 3.96. The second-order valence-electron chi connectivity index (χ2n) is 7.88. The molecule has 0 spiro atoms. The summed E-state index contributed by atoms with van der Waals surface area (Å²) in [7, 11) is 0. The van der Waals surface area contributed by atoms with E-state index in [1.54, 1.807) is 6.20 Å². The molecule has 0 radical (unpaired) electrons. The quantitative estimate of drug-likeness (QED) is 0.881. The van der Waals surface area contributed by atoms with Gasteiger partial charge >= 0.3 is 6.09 Å². The molecule has 0 aromatic carbocycles. The summed E-state index contributed by atoms with van der Waals surface area (Å²) >= 11 is 0. The zero-order chi connectivity index (χ0) is 19.4. The number of rotatable bonds is 4. The average molecular weight is 371 g/mol. The molecule has 0 bridgehead atoms. The van der Waals surface area contributed by atoms with Gasteiger partial charge in [0.05, 0.1) is 17.9 Å². The second-order valence-corrected chi connectivity index (χ2v) is 7.88. The van der Waals surface area contributed by atoms with Crippen LogP contribution in [0, 0.1) is 0 Å². The van der Waals surface area contributed by atoms with Crippen molar-refractivity contribution >= 4 is 23.6 Å². The number of carbonyl (C=O) groups is 1. The Kier molecular flexibility index (Phi) is 5.68. The van der Waals surface area contributed by atoms with Gasteiger partial charge in [-0.1, -0.05) is 6.08 Å². The summed E-state index contributed by atoms with van der Waals surface area (Å²) in [5, 5.41) is 8.00. The number of aromatic nitrogens is 3. The topological polar surface area (TPSA) is 71.8 Å². The SMILES string of the molecule is CC=Cc1cnc2ccc(NCC3CCCCN3C(=O)OC(C)(C)C)nn12. The summed E-state index contributed by atoms with van der Waals surface area (Å²) in [4.78, 5) is 18.7. The first-order valence-corrected chi connectivity index (χ1v) is 9.58. The first-order valence-electron chi connectivity index (χ1n) is 9.58. The summed E-state index contributed by atoms with van der Waals surface area (Å²) in [6.45, 7) is 9.04. The fourth-order valence-electron chi connectivity index (χ4n) is 3.27. The molecule has 2 aromatic rings. The molecule has 0 saturated carbocycles. The molecule has 1 fully saturated rings. The van der Waals surface area contributed by atoms with Crippen LogP contribution >= 0.6 is 0 Å². The van der Waals surface area contributed by atoms with Gasteiger partial charge in [0.1, 0.15) is 11.4 Å². The van der Waals surface area contributed by atoms with Gasteiger partial charge in [-0.3, -0.25) is 0 Å². The molecule has 3 heterocycles. The Morgan fingerprint density at radius 1 is 1.37 bits per heavy atom. The Bertz CT molecular complexity index is 821. The van der Waals surface area contributed by atoms with Crippen LogP contribution in [-0.2, 0) is 4.74 Å². The molecule has 3 rings (SSSR count). The number of nitrogens with zero attached hydrogens (tertiary/aromatic N) is 4. The number of fused-ring (bicyclic) bond motifs is 1. The summed E-state index contributed by atoms with van der Waals surface area (Å²) < 4.78 is 7.39. The van der Waals surface area contributed by atoms with E-state index >= 15 is 0 Å². The minimum atomic E-state index is -0.482. The number of allylic oxidation sites excluding steroid dienone is 1. The number of nitrogens with one attached hydrogen (secondary N) is 1. The van der Waals surface area contributed by atoms with E-state index in [4.69, 9.17) is 4.74 Å². The van der Waals surface area contributed by atoms with E-state index in [1.165, 1.54) is 0 Å². The van der Waals surface area contributed by atoms with Crippen LogP contribution in [-0.4, -0.2) is 50.3 Å². The predicted molar refractivity (Wildman–Crippen MR) is 107 cm³/mol. The highest BCUT2D eigenvalue weighted by molar-refractivity contribution is 5.68. The molecule has 2 aromatic heterocycles. The Balaban J connectivity index is 1.69. The average Bonchev–Trinajstić information content (AvgIpc) is 3.01. The lowest BCUT2D eigenvalue weighted by Crippen LogP contribution is -2.49. The molecule has 7 heteroatoms. The number of ether oxygens (including phenoxy) is 1. The number of likely N-dealkylation sites (tertiary alicyclic amines) is 1. The van der Waals surface area contributed by atoms with Crippen molar-refractivity contribution in [3.05, 3.63) is 30.1 Å². The van der Waals surface area contributed by atoms with Crippen molar-refractivity contribution in [2.24, 2.45) is 0 Å². The van der Waals surface area contributed by atoms with Gasteiger partial charge in [0.15, 0.2) is 5.65 Å². The van der Waals surface area contributed by atoms with Crippen molar-refractivity contribution in [3.8, 4) is 0 Å². The smallest absolute Gasteiger partial charge is 0.410 e. The van der Waals surface area contributed by atoms with Gasteiger partial charge in [0, 0.05) is 13.1 Å². The number of hydrogen-bond acceptors (Lipinski definition) is 5. The number of amides is 1. The van der Waals surface area contributed by atoms with Gasteiger partial charge in [0.2, 0.25) is 0 Å². The van der Waals surface area contributed by atoms with Gasteiger partial charge in [-0.25, -0.2) is 14.3 Å². The third-order valence-electron chi connectivity index (χ3n) is 4.50. The van der Waals surface area contributed by atoms with Crippen LogP contribution in [0.1, 0.15) is 52.7 Å². The predicted octanol–water partition coefficient (Wildman–Crippen LogP) is 3.96. The Hall–Kier alpha value is -2.57. The van der Waals surface area contributed by atoms with Crippen molar-refractivity contribution < 1.29 is 9.53 Å². The first-order chi connectivity index (χ1) is 12.9. The number of anilines is 1. The molecule has 146 valence electrons. The zero-order valence-electron chi connectivity index (χ0n) is 16.6. The molecular formula is C20H29N5O2. The van der Waals surface area contributed by atoms with E-state index in [0.717, 1.165) is 43.0 Å². The van der Waals surface area contributed by atoms with Crippen molar-refractivity contribution in [2.75, 3.05) is 18.4 Å². The highest BCUT2D eigenvalue weighted by Crippen LogP contribution is 2.21. The van der Waals surface area contributed by atoms with E-state index in [2.05, 4.69) is 15.4 Å². The lowest BCUT2D eigenvalue weighted by molar-refractivity contribution is 0.0114. The molecule has 1 atom stereocenters. The first kappa shape index (κ1) is 19.2. The van der Waals surface area contributed by atoms with Gasteiger partial charge < -0.3 is 15.0 Å². The van der Waals surface area contributed by atoms with E-state index in [1.807, 2.05) is 61.4 Å². The van der Waals surface area contributed by atoms with Crippen molar-refractivity contribution in [1.82, 2.24) is 19.5 Å². The monoisotopic (exact) mass is 371 g/mol. The van der Waals surface area contributed by atoms with Crippen LogP contribution in [0.2, 0.25) is 0 Å².